The third kappa shape index (κ3) is 10.4. The van der Waals surface area contributed by atoms with Crippen LogP contribution in [0.5, 0.6) is 0 Å². The van der Waals surface area contributed by atoms with Gasteiger partial charge in [-0.1, -0.05) is 62.0 Å². The van der Waals surface area contributed by atoms with Gasteiger partial charge in [-0.2, -0.15) is 0 Å². The van der Waals surface area contributed by atoms with Gasteiger partial charge >= 0.3 is 0 Å². The lowest BCUT2D eigenvalue weighted by atomic mass is 10.1. The molecule has 1 aromatic heterocycles. The Labute approximate surface area is 281 Å². The molecule has 3 heterocycles. The summed E-state index contributed by atoms with van der Waals surface area (Å²) < 4.78 is 0. The number of aromatic nitrogens is 2. The molecule has 3 aromatic rings. The normalized spacial score (nSPS) is 17.8. The van der Waals surface area contributed by atoms with Crippen LogP contribution in [-0.2, 0) is 0 Å². The first kappa shape index (κ1) is 34.1. The molecule has 5 rings (SSSR count). The molecule has 2 aliphatic rings. The standard InChI is InChI=1S/C37H54N6S2/c1-4-32(40-20-24-42(25-21-40)34-14-8-6-9-15-34)18-12-28-44-36-30-31(3)38-37(39-36)45-29-13-19-33(5-2)41-22-26-43(27-23-41)35-16-10-7-11-17-35/h6-11,14-17,30,32-33H,4-5,12-13,18-29H2,1-3H3. The Morgan fingerprint density at radius 1 is 0.622 bits per heavy atom. The number of rotatable bonds is 16. The minimum absolute atomic E-state index is 0.674. The molecular weight excluding hydrogens is 593 g/mol. The summed E-state index contributed by atoms with van der Waals surface area (Å²) >= 11 is 3.75. The van der Waals surface area contributed by atoms with Gasteiger partial charge in [0, 0.05) is 87.3 Å². The molecule has 2 aliphatic heterocycles. The predicted octanol–water partition coefficient (Wildman–Crippen LogP) is 7.73. The largest absolute Gasteiger partial charge is 0.369 e. The smallest absolute Gasteiger partial charge is 0.188 e. The van der Waals surface area contributed by atoms with E-state index in [0.29, 0.717) is 12.1 Å². The lowest BCUT2D eigenvalue weighted by molar-refractivity contribution is 0.171. The lowest BCUT2D eigenvalue weighted by Crippen LogP contribution is -2.50. The van der Waals surface area contributed by atoms with Crippen molar-refractivity contribution in [3.8, 4) is 0 Å². The van der Waals surface area contributed by atoms with Crippen molar-refractivity contribution in [2.75, 3.05) is 73.7 Å². The average molecular weight is 647 g/mol. The first-order valence-corrected chi connectivity index (χ1v) is 19.3. The van der Waals surface area contributed by atoms with Crippen LogP contribution in [-0.4, -0.2) is 95.7 Å². The number of piperazine rings is 2. The fourth-order valence-corrected chi connectivity index (χ4v) is 8.74. The van der Waals surface area contributed by atoms with Gasteiger partial charge in [0.1, 0.15) is 5.03 Å². The van der Waals surface area contributed by atoms with Crippen LogP contribution in [0.4, 0.5) is 11.4 Å². The number of hydrogen-bond donors (Lipinski definition) is 0. The number of aryl methyl sites for hydroxylation is 1. The predicted molar refractivity (Wildman–Crippen MR) is 195 cm³/mol. The fraction of sp³-hybridized carbons (Fsp3) is 0.568. The number of nitrogens with zero attached hydrogens (tertiary/aromatic N) is 6. The molecule has 45 heavy (non-hydrogen) atoms. The lowest BCUT2D eigenvalue weighted by Gasteiger charge is -2.40. The van der Waals surface area contributed by atoms with Crippen molar-refractivity contribution >= 4 is 34.9 Å². The van der Waals surface area contributed by atoms with E-state index in [-0.39, 0.29) is 0 Å². The molecule has 2 fully saturated rings. The minimum atomic E-state index is 0.674. The zero-order valence-electron chi connectivity index (χ0n) is 27.8. The Balaban J connectivity index is 0.987. The Hall–Kier alpha value is -2.26. The number of hydrogen-bond acceptors (Lipinski definition) is 8. The maximum Gasteiger partial charge on any atom is 0.188 e. The maximum atomic E-state index is 4.94. The number of thioether (sulfide) groups is 2. The number of anilines is 2. The van der Waals surface area contributed by atoms with Crippen molar-refractivity contribution < 1.29 is 0 Å². The highest BCUT2D eigenvalue weighted by atomic mass is 32.2. The summed E-state index contributed by atoms with van der Waals surface area (Å²) in [6, 6.07) is 25.3. The summed E-state index contributed by atoms with van der Waals surface area (Å²) in [5, 5.41) is 2.09. The summed E-state index contributed by atoms with van der Waals surface area (Å²) in [7, 11) is 0. The van der Waals surface area contributed by atoms with Gasteiger partial charge < -0.3 is 9.80 Å². The molecule has 2 saturated heterocycles. The number of benzene rings is 2. The maximum absolute atomic E-state index is 4.94. The van der Waals surface area contributed by atoms with Crippen molar-refractivity contribution in [2.45, 2.75) is 81.6 Å². The highest BCUT2D eigenvalue weighted by Crippen LogP contribution is 2.26. The molecule has 0 aliphatic carbocycles. The van der Waals surface area contributed by atoms with Crippen molar-refractivity contribution in [3.05, 3.63) is 72.4 Å². The first-order chi connectivity index (χ1) is 22.1. The van der Waals surface area contributed by atoms with Crippen molar-refractivity contribution in [1.82, 2.24) is 19.8 Å². The van der Waals surface area contributed by atoms with Gasteiger partial charge in [-0.05, 0) is 81.5 Å². The van der Waals surface area contributed by atoms with Gasteiger partial charge in [-0.15, -0.1) is 11.8 Å². The topological polar surface area (TPSA) is 38.7 Å². The van der Waals surface area contributed by atoms with Gasteiger partial charge in [-0.25, -0.2) is 9.97 Å². The van der Waals surface area contributed by atoms with E-state index in [9.17, 15) is 0 Å². The van der Waals surface area contributed by atoms with Crippen molar-refractivity contribution in [1.29, 1.82) is 0 Å². The molecule has 2 unspecified atom stereocenters. The van der Waals surface area contributed by atoms with Crippen LogP contribution >= 0.6 is 23.5 Å². The molecule has 8 heteroatoms. The molecule has 0 bridgehead atoms. The van der Waals surface area contributed by atoms with Gasteiger partial charge in [0.2, 0.25) is 0 Å². The molecule has 2 aromatic carbocycles. The highest BCUT2D eigenvalue weighted by molar-refractivity contribution is 7.99. The van der Waals surface area contributed by atoms with Crippen molar-refractivity contribution in [3.63, 3.8) is 0 Å². The zero-order valence-corrected chi connectivity index (χ0v) is 29.5. The molecule has 244 valence electrons. The third-order valence-corrected chi connectivity index (χ3v) is 11.4. The van der Waals surface area contributed by atoms with E-state index < -0.39 is 0 Å². The van der Waals surface area contributed by atoms with Crippen molar-refractivity contribution in [2.24, 2.45) is 0 Å². The molecule has 0 N–H and O–H groups in total. The summed E-state index contributed by atoms with van der Waals surface area (Å²) in [6.45, 7) is 16.0. The van der Waals surface area contributed by atoms with Gasteiger partial charge in [0.25, 0.3) is 0 Å². The van der Waals surface area contributed by atoms with E-state index in [0.717, 1.165) is 79.7 Å². The van der Waals surface area contributed by atoms with E-state index in [2.05, 4.69) is 107 Å². The van der Waals surface area contributed by atoms with E-state index in [4.69, 9.17) is 9.97 Å². The highest BCUT2D eigenvalue weighted by Gasteiger charge is 2.24. The Kier molecular flexibility index (Phi) is 13.8. The van der Waals surface area contributed by atoms with Crippen LogP contribution < -0.4 is 9.80 Å². The van der Waals surface area contributed by atoms with E-state index in [1.165, 1.54) is 49.9 Å². The molecule has 6 nitrogen and oxygen atoms in total. The molecule has 0 spiro atoms. The van der Waals surface area contributed by atoms with Crippen LogP contribution in [0.3, 0.4) is 0 Å². The van der Waals surface area contributed by atoms with Crippen LogP contribution in [0.25, 0.3) is 0 Å². The molecule has 0 radical (unpaired) electrons. The Morgan fingerprint density at radius 3 is 1.56 bits per heavy atom. The summed E-state index contributed by atoms with van der Waals surface area (Å²) in [5.74, 6) is 2.21. The van der Waals surface area contributed by atoms with Crippen LogP contribution in [0.15, 0.2) is 76.9 Å². The van der Waals surface area contributed by atoms with Crippen LogP contribution in [0.2, 0.25) is 0 Å². The SMILES string of the molecule is CCC(CCCSc1cc(C)nc(SCCCC(CC)N2CCN(c3ccccc3)CC2)n1)N1CCN(c2ccccc2)CC1. The van der Waals surface area contributed by atoms with E-state index >= 15 is 0 Å². The Bertz CT molecular complexity index is 1150. The van der Waals surface area contributed by atoms with Gasteiger partial charge in [0.05, 0.1) is 0 Å². The molecule has 2 atom stereocenters. The average Bonchev–Trinajstić information content (AvgIpc) is 3.09. The molecule has 0 saturated carbocycles. The quantitative estimate of drug-likeness (QED) is 0.0678. The van der Waals surface area contributed by atoms with Crippen LogP contribution in [0, 0.1) is 6.92 Å². The Morgan fingerprint density at radius 2 is 1.09 bits per heavy atom. The summed E-state index contributed by atoms with van der Waals surface area (Å²) in [4.78, 5) is 20.2. The van der Waals surface area contributed by atoms with Crippen LogP contribution in [0.1, 0.15) is 58.1 Å². The fourth-order valence-electron chi connectivity index (χ4n) is 6.89. The third-order valence-electron chi connectivity index (χ3n) is 9.50. The number of para-hydroxylation sites is 2. The first-order valence-electron chi connectivity index (χ1n) is 17.3. The summed E-state index contributed by atoms with van der Waals surface area (Å²) in [6.07, 6.45) is 7.40. The zero-order chi connectivity index (χ0) is 31.3. The second kappa shape index (κ2) is 18.2. The van der Waals surface area contributed by atoms with E-state index in [1.807, 2.05) is 23.5 Å². The molecule has 0 amide bonds. The monoisotopic (exact) mass is 646 g/mol. The van der Waals surface area contributed by atoms with Gasteiger partial charge in [-0.3, -0.25) is 9.80 Å². The second-order valence-electron chi connectivity index (χ2n) is 12.5. The summed E-state index contributed by atoms with van der Waals surface area (Å²) in [5.41, 5.74) is 3.80. The van der Waals surface area contributed by atoms with Gasteiger partial charge in [0.15, 0.2) is 5.16 Å². The van der Waals surface area contributed by atoms with E-state index in [1.54, 1.807) is 0 Å². The molecular formula is C37H54N6S2. The second-order valence-corrected chi connectivity index (χ2v) is 14.6. The minimum Gasteiger partial charge on any atom is -0.369 e.